The molecular weight excluding hydrogens is 553 g/mol. The van der Waals surface area contributed by atoms with Crippen molar-refractivity contribution in [3.63, 3.8) is 0 Å². The zero-order valence-corrected chi connectivity index (χ0v) is 32.6. The van der Waals surface area contributed by atoms with Gasteiger partial charge in [-0.3, -0.25) is 0 Å². The minimum atomic E-state index is 1.28. The van der Waals surface area contributed by atoms with Gasteiger partial charge in [0.05, 0.1) is 0 Å². The van der Waals surface area contributed by atoms with Gasteiger partial charge in [-0.15, -0.1) is 0 Å². The molecule has 1 aromatic carbocycles. The summed E-state index contributed by atoms with van der Waals surface area (Å²) in [5.41, 5.74) is 6.96. The first-order valence-corrected chi connectivity index (χ1v) is 21.9. The Labute approximate surface area is 292 Å². The minimum absolute atomic E-state index is 1.28. The molecule has 46 heavy (non-hydrogen) atoms. The van der Waals surface area contributed by atoms with Gasteiger partial charge >= 0.3 is 0 Å². The van der Waals surface area contributed by atoms with E-state index in [0.717, 1.165) is 0 Å². The zero-order chi connectivity index (χ0) is 33.2. The summed E-state index contributed by atoms with van der Waals surface area (Å²) in [4.78, 5) is 0. The molecule has 0 spiro atoms. The molecule has 0 aliphatic heterocycles. The molecule has 0 aromatic heterocycles. The molecule has 0 heterocycles. The summed E-state index contributed by atoms with van der Waals surface area (Å²) in [6.07, 6.45) is 51.0. The Hall–Kier alpha value is -0.780. The first kappa shape index (κ1) is 43.2. The van der Waals surface area contributed by atoms with Crippen molar-refractivity contribution >= 4 is 0 Å². The van der Waals surface area contributed by atoms with Crippen molar-refractivity contribution in [3.05, 3.63) is 34.4 Å². The zero-order valence-electron chi connectivity index (χ0n) is 32.6. The second-order valence-corrected chi connectivity index (χ2v) is 15.3. The summed E-state index contributed by atoms with van der Waals surface area (Å²) in [6, 6.07) is 5.36. The molecule has 0 heteroatoms. The SMILES string of the molecule is CCCCCCCCCCCCc1cc(CCCC)cc(CCCCCCCCCCCC)c1CCCCCCCCCCCC. The third kappa shape index (κ3) is 25.3. The van der Waals surface area contributed by atoms with Gasteiger partial charge in [-0.25, -0.2) is 0 Å². The van der Waals surface area contributed by atoms with Crippen LogP contribution in [0.15, 0.2) is 12.1 Å². The van der Waals surface area contributed by atoms with E-state index in [0.29, 0.717) is 0 Å². The predicted octanol–water partition coefficient (Wildman–Crippen LogP) is 16.4. The second-order valence-electron chi connectivity index (χ2n) is 15.3. The van der Waals surface area contributed by atoms with Crippen LogP contribution in [0.2, 0.25) is 0 Å². The monoisotopic (exact) mass is 639 g/mol. The molecular formula is C46H86. The van der Waals surface area contributed by atoms with E-state index >= 15 is 0 Å². The Morgan fingerprint density at radius 3 is 0.826 bits per heavy atom. The van der Waals surface area contributed by atoms with Gasteiger partial charge in [0.15, 0.2) is 0 Å². The molecule has 0 nitrogen and oxygen atoms in total. The maximum absolute atomic E-state index is 2.68. The average molecular weight is 639 g/mol. The van der Waals surface area contributed by atoms with Crippen molar-refractivity contribution in [3.8, 4) is 0 Å². The van der Waals surface area contributed by atoms with E-state index in [4.69, 9.17) is 0 Å². The van der Waals surface area contributed by atoms with Crippen LogP contribution >= 0.6 is 0 Å². The summed E-state index contributed by atoms with van der Waals surface area (Å²) in [7, 11) is 0. The first-order chi connectivity index (χ1) is 22.8. The molecule has 1 rings (SSSR count). The smallest absolute Gasteiger partial charge is 0.0273 e. The summed E-state index contributed by atoms with van der Waals surface area (Å²) in [5, 5.41) is 0. The van der Waals surface area contributed by atoms with E-state index < -0.39 is 0 Å². The first-order valence-electron chi connectivity index (χ1n) is 21.9. The van der Waals surface area contributed by atoms with Crippen molar-refractivity contribution in [2.45, 2.75) is 259 Å². The number of rotatable bonds is 36. The van der Waals surface area contributed by atoms with Gasteiger partial charge in [0, 0.05) is 0 Å². The second kappa shape index (κ2) is 34.1. The number of hydrogen-bond donors (Lipinski definition) is 0. The van der Waals surface area contributed by atoms with Gasteiger partial charge in [0.2, 0.25) is 0 Å². The maximum atomic E-state index is 2.68. The molecule has 0 aliphatic rings. The van der Waals surface area contributed by atoms with E-state index in [2.05, 4.69) is 39.8 Å². The molecule has 0 bridgehead atoms. The fourth-order valence-electron chi connectivity index (χ4n) is 7.56. The fourth-order valence-corrected chi connectivity index (χ4v) is 7.56. The van der Waals surface area contributed by atoms with Crippen LogP contribution in [0, 0.1) is 0 Å². The molecule has 0 atom stereocenters. The maximum Gasteiger partial charge on any atom is -0.0273 e. The van der Waals surface area contributed by atoms with Crippen LogP contribution in [0.25, 0.3) is 0 Å². The molecule has 0 amide bonds. The number of unbranched alkanes of at least 4 members (excludes halogenated alkanes) is 28. The van der Waals surface area contributed by atoms with Crippen LogP contribution in [-0.2, 0) is 25.7 Å². The predicted molar refractivity (Wildman–Crippen MR) is 212 cm³/mol. The topological polar surface area (TPSA) is 0 Å². The molecule has 0 N–H and O–H groups in total. The fraction of sp³-hybridized carbons (Fsp3) is 0.870. The lowest BCUT2D eigenvalue weighted by Crippen LogP contribution is -2.05. The molecule has 0 saturated carbocycles. The summed E-state index contributed by atoms with van der Waals surface area (Å²) < 4.78 is 0. The number of benzene rings is 1. The van der Waals surface area contributed by atoms with E-state index in [1.165, 1.54) is 231 Å². The molecule has 1 aromatic rings. The third-order valence-electron chi connectivity index (χ3n) is 10.7. The average Bonchev–Trinajstić information content (AvgIpc) is 3.07. The van der Waals surface area contributed by atoms with Gasteiger partial charge in [-0.1, -0.05) is 220 Å². The van der Waals surface area contributed by atoms with Gasteiger partial charge in [-0.05, 0) is 73.6 Å². The Morgan fingerprint density at radius 2 is 0.522 bits per heavy atom. The standard InChI is InChI=1S/C46H86/c1-5-9-13-16-19-22-25-28-31-34-38-44-41-43(37-12-8-4)42-45(39-35-32-29-26-23-20-17-14-10-6-2)46(44)40-36-33-30-27-24-21-18-15-11-7-3/h41-42H,5-40H2,1-4H3. The Bertz CT molecular complexity index is 699. The van der Waals surface area contributed by atoms with Crippen LogP contribution in [0.1, 0.15) is 255 Å². The van der Waals surface area contributed by atoms with Crippen LogP contribution in [0.4, 0.5) is 0 Å². The van der Waals surface area contributed by atoms with Gasteiger partial charge in [0.1, 0.15) is 0 Å². The molecule has 0 aliphatic carbocycles. The summed E-state index contributed by atoms with van der Waals surface area (Å²) in [5.74, 6) is 0. The minimum Gasteiger partial charge on any atom is -0.0654 e. The highest BCUT2D eigenvalue weighted by Crippen LogP contribution is 2.27. The van der Waals surface area contributed by atoms with Crippen LogP contribution in [-0.4, -0.2) is 0 Å². The highest BCUT2D eigenvalue weighted by molar-refractivity contribution is 5.40. The van der Waals surface area contributed by atoms with Crippen LogP contribution in [0.5, 0.6) is 0 Å². The molecule has 270 valence electrons. The number of aryl methyl sites for hydroxylation is 3. The van der Waals surface area contributed by atoms with Crippen molar-refractivity contribution in [1.29, 1.82) is 0 Å². The summed E-state index contributed by atoms with van der Waals surface area (Å²) in [6.45, 7) is 9.32. The Morgan fingerprint density at radius 1 is 0.261 bits per heavy atom. The van der Waals surface area contributed by atoms with Crippen LogP contribution < -0.4 is 0 Å². The van der Waals surface area contributed by atoms with E-state index in [1.54, 1.807) is 22.3 Å². The lowest BCUT2D eigenvalue weighted by Gasteiger charge is -2.18. The van der Waals surface area contributed by atoms with Crippen molar-refractivity contribution in [2.75, 3.05) is 0 Å². The van der Waals surface area contributed by atoms with Crippen molar-refractivity contribution < 1.29 is 0 Å². The molecule has 0 unspecified atom stereocenters. The van der Waals surface area contributed by atoms with Crippen LogP contribution in [0.3, 0.4) is 0 Å². The van der Waals surface area contributed by atoms with Crippen molar-refractivity contribution in [1.82, 2.24) is 0 Å². The van der Waals surface area contributed by atoms with Gasteiger partial charge in [0.25, 0.3) is 0 Å². The highest BCUT2D eigenvalue weighted by atomic mass is 14.2. The summed E-state index contributed by atoms with van der Waals surface area (Å²) >= 11 is 0. The van der Waals surface area contributed by atoms with E-state index in [-0.39, 0.29) is 0 Å². The Kier molecular flexibility index (Phi) is 32.1. The quantitative estimate of drug-likeness (QED) is 0.0642. The third-order valence-corrected chi connectivity index (χ3v) is 10.7. The van der Waals surface area contributed by atoms with Crippen molar-refractivity contribution in [2.24, 2.45) is 0 Å². The largest absolute Gasteiger partial charge is 0.0654 e. The van der Waals surface area contributed by atoms with Gasteiger partial charge < -0.3 is 0 Å². The molecule has 0 fully saturated rings. The van der Waals surface area contributed by atoms with E-state index in [1.807, 2.05) is 0 Å². The normalized spacial score (nSPS) is 11.6. The van der Waals surface area contributed by atoms with Gasteiger partial charge in [-0.2, -0.15) is 0 Å². The highest BCUT2D eigenvalue weighted by Gasteiger charge is 2.12. The lowest BCUT2D eigenvalue weighted by atomic mass is 9.87. The molecule has 0 radical (unpaired) electrons. The lowest BCUT2D eigenvalue weighted by molar-refractivity contribution is 0.551. The number of hydrogen-bond acceptors (Lipinski definition) is 0. The molecule has 0 saturated heterocycles. The van der Waals surface area contributed by atoms with E-state index in [9.17, 15) is 0 Å². The Balaban J connectivity index is 2.68.